The predicted octanol–water partition coefficient (Wildman–Crippen LogP) is 2.26. The summed E-state index contributed by atoms with van der Waals surface area (Å²) in [5.74, 6) is -0.353. The van der Waals surface area contributed by atoms with Gasteiger partial charge in [0, 0.05) is 5.75 Å². The second kappa shape index (κ2) is 4.01. The largest absolute Gasteiger partial charge is 0.475 e. The Morgan fingerprint density at radius 3 is 3.00 bits per heavy atom. The monoisotopic (exact) mass is 184 g/mol. The van der Waals surface area contributed by atoms with Crippen LogP contribution in [0.2, 0.25) is 0 Å². The number of thioether (sulfide) groups is 1. The van der Waals surface area contributed by atoms with Gasteiger partial charge in [0.1, 0.15) is 0 Å². The van der Waals surface area contributed by atoms with Crippen molar-refractivity contribution in [2.24, 2.45) is 0 Å². The van der Waals surface area contributed by atoms with Gasteiger partial charge in [0.05, 0.1) is 0 Å². The number of rotatable bonds is 4. The average Bonchev–Trinajstić information content (AvgIpc) is 2.48. The molecule has 0 bridgehead atoms. The maximum Gasteiger partial charge on any atom is 0.371 e. The predicted molar refractivity (Wildman–Crippen MR) is 46.6 cm³/mol. The standard InChI is InChI=1S/C8H8O3S/c1-2-5-12-7-4-3-6(11-7)8(9)10/h2-4H,1,5H2,(H,9,10). The van der Waals surface area contributed by atoms with Gasteiger partial charge in [-0.15, -0.1) is 6.58 Å². The molecule has 0 aromatic carbocycles. The van der Waals surface area contributed by atoms with Gasteiger partial charge in [-0.1, -0.05) is 17.8 Å². The lowest BCUT2D eigenvalue weighted by Gasteiger charge is -1.89. The summed E-state index contributed by atoms with van der Waals surface area (Å²) < 4.78 is 4.96. The molecule has 0 aliphatic heterocycles. The molecule has 12 heavy (non-hydrogen) atoms. The van der Waals surface area contributed by atoms with Crippen LogP contribution in [0.15, 0.2) is 34.3 Å². The SMILES string of the molecule is C=CCSc1ccc(C(=O)O)o1. The Morgan fingerprint density at radius 2 is 2.50 bits per heavy atom. The zero-order chi connectivity index (χ0) is 8.97. The van der Waals surface area contributed by atoms with Gasteiger partial charge < -0.3 is 9.52 Å². The van der Waals surface area contributed by atoms with Crippen molar-refractivity contribution in [3.63, 3.8) is 0 Å². The molecule has 1 aromatic heterocycles. The summed E-state index contributed by atoms with van der Waals surface area (Å²) >= 11 is 1.41. The molecule has 0 radical (unpaired) electrons. The third-order valence-corrected chi connectivity index (χ3v) is 2.04. The molecule has 0 fully saturated rings. The van der Waals surface area contributed by atoms with E-state index in [0.717, 1.165) is 0 Å². The Morgan fingerprint density at radius 1 is 1.75 bits per heavy atom. The van der Waals surface area contributed by atoms with Crippen LogP contribution < -0.4 is 0 Å². The van der Waals surface area contributed by atoms with E-state index in [1.807, 2.05) is 0 Å². The zero-order valence-electron chi connectivity index (χ0n) is 6.32. The Bertz CT molecular complexity index is 290. The van der Waals surface area contributed by atoms with Gasteiger partial charge in [-0.25, -0.2) is 4.79 Å². The summed E-state index contributed by atoms with van der Waals surface area (Å²) in [6.07, 6.45) is 1.73. The number of carboxylic acid groups (broad SMARTS) is 1. The Labute approximate surface area is 74.1 Å². The number of aromatic carboxylic acids is 1. The molecule has 1 rings (SSSR count). The average molecular weight is 184 g/mol. The van der Waals surface area contributed by atoms with Crippen LogP contribution in [-0.4, -0.2) is 16.8 Å². The minimum absolute atomic E-state index is 0.0263. The summed E-state index contributed by atoms with van der Waals surface area (Å²) in [6.45, 7) is 3.54. The van der Waals surface area contributed by atoms with Gasteiger partial charge >= 0.3 is 5.97 Å². The molecule has 0 atom stereocenters. The highest BCUT2D eigenvalue weighted by Crippen LogP contribution is 2.20. The molecule has 0 saturated carbocycles. The van der Waals surface area contributed by atoms with E-state index >= 15 is 0 Å². The number of furan rings is 1. The Kier molecular flexibility index (Phi) is 2.99. The van der Waals surface area contributed by atoms with Crippen molar-refractivity contribution in [2.75, 3.05) is 5.75 Å². The quantitative estimate of drug-likeness (QED) is 0.576. The molecule has 1 aromatic rings. The normalized spacial score (nSPS) is 9.67. The lowest BCUT2D eigenvalue weighted by molar-refractivity contribution is 0.0656. The van der Waals surface area contributed by atoms with Crippen molar-refractivity contribution in [1.29, 1.82) is 0 Å². The first kappa shape index (κ1) is 8.93. The Balaban J connectivity index is 2.64. The smallest absolute Gasteiger partial charge is 0.371 e. The van der Waals surface area contributed by atoms with E-state index in [4.69, 9.17) is 9.52 Å². The van der Waals surface area contributed by atoms with Crippen molar-refractivity contribution >= 4 is 17.7 Å². The van der Waals surface area contributed by atoms with E-state index in [-0.39, 0.29) is 5.76 Å². The molecule has 0 saturated heterocycles. The van der Waals surface area contributed by atoms with Crippen LogP contribution in [0.25, 0.3) is 0 Å². The summed E-state index contributed by atoms with van der Waals surface area (Å²) in [4.78, 5) is 10.4. The first-order chi connectivity index (χ1) is 5.74. The number of carbonyl (C=O) groups is 1. The van der Waals surface area contributed by atoms with E-state index in [0.29, 0.717) is 10.8 Å². The molecular weight excluding hydrogens is 176 g/mol. The first-order valence-electron chi connectivity index (χ1n) is 3.31. The molecule has 3 nitrogen and oxygen atoms in total. The molecule has 0 aliphatic rings. The summed E-state index contributed by atoms with van der Waals surface area (Å²) in [6, 6.07) is 3.07. The molecule has 1 heterocycles. The van der Waals surface area contributed by atoms with E-state index < -0.39 is 5.97 Å². The summed E-state index contributed by atoms with van der Waals surface area (Å²) in [5.41, 5.74) is 0. The molecular formula is C8H8O3S. The fraction of sp³-hybridized carbons (Fsp3) is 0.125. The lowest BCUT2D eigenvalue weighted by atomic mass is 10.5. The molecule has 0 amide bonds. The van der Waals surface area contributed by atoms with Crippen LogP contribution >= 0.6 is 11.8 Å². The van der Waals surface area contributed by atoms with Gasteiger partial charge in [-0.05, 0) is 12.1 Å². The first-order valence-corrected chi connectivity index (χ1v) is 4.29. The topological polar surface area (TPSA) is 50.4 Å². The highest BCUT2D eigenvalue weighted by molar-refractivity contribution is 7.99. The molecule has 64 valence electrons. The van der Waals surface area contributed by atoms with Crippen molar-refractivity contribution in [3.8, 4) is 0 Å². The molecule has 0 unspecified atom stereocenters. The number of hydrogen-bond donors (Lipinski definition) is 1. The van der Waals surface area contributed by atoms with Gasteiger partial charge in [-0.3, -0.25) is 0 Å². The second-order valence-electron chi connectivity index (χ2n) is 2.02. The van der Waals surface area contributed by atoms with Crippen molar-refractivity contribution < 1.29 is 14.3 Å². The fourth-order valence-electron chi connectivity index (χ4n) is 0.654. The van der Waals surface area contributed by atoms with E-state index in [2.05, 4.69) is 6.58 Å². The minimum Gasteiger partial charge on any atom is -0.475 e. The summed E-state index contributed by atoms with van der Waals surface area (Å²) in [7, 11) is 0. The van der Waals surface area contributed by atoms with Gasteiger partial charge in [-0.2, -0.15) is 0 Å². The van der Waals surface area contributed by atoms with Crippen molar-refractivity contribution in [1.82, 2.24) is 0 Å². The molecule has 4 heteroatoms. The molecule has 0 aliphatic carbocycles. The van der Waals surface area contributed by atoms with Crippen LogP contribution in [-0.2, 0) is 0 Å². The van der Waals surface area contributed by atoms with Crippen LogP contribution in [0.4, 0.5) is 0 Å². The van der Waals surface area contributed by atoms with Crippen LogP contribution in [0, 0.1) is 0 Å². The highest BCUT2D eigenvalue weighted by atomic mass is 32.2. The second-order valence-corrected chi connectivity index (χ2v) is 3.05. The van der Waals surface area contributed by atoms with Crippen LogP contribution in [0.3, 0.4) is 0 Å². The number of hydrogen-bond acceptors (Lipinski definition) is 3. The van der Waals surface area contributed by atoms with E-state index in [1.54, 1.807) is 12.1 Å². The minimum atomic E-state index is -1.04. The van der Waals surface area contributed by atoms with E-state index in [1.165, 1.54) is 17.8 Å². The van der Waals surface area contributed by atoms with Gasteiger partial charge in [0.15, 0.2) is 5.09 Å². The van der Waals surface area contributed by atoms with Crippen LogP contribution in [0.1, 0.15) is 10.6 Å². The molecule has 0 spiro atoms. The third kappa shape index (κ3) is 2.17. The van der Waals surface area contributed by atoms with Crippen molar-refractivity contribution in [2.45, 2.75) is 5.09 Å². The van der Waals surface area contributed by atoms with Crippen molar-refractivity contribution in [3.05, 3.63) is 30.5 Å². The number of carboxylic acids is 1. The van der Waals surface area contributed by atoms with Gasteiger partial charge in [0.2, 0.25) is 5.76 Å². The van der Waals surface area contributed by atoms with Crippen LogP contribution in [0.5, 0.6) is 0 Å². The highest BCUT2D eigenvalue weighted by Gasteiger charge is 2.07. The van der Waals surface area contributed by atoms with Gasteiger partial charge in [0.25, 0.3) is 0 Å². The maximum absolute atomic E-state index is 10.4. The maximum atomic E-state index is 10.4. The Hall–Kier alpha value is -1.16. The molecule has 1 N–H and O–H groups in total. The summed E-state index contributed by atoms with van der Waals surface area (Å²) in [5, 5.41) is 9.10. The lowest BCUT2D eigenvalue weighted by Crippen LogP contribution is -1.91. The fourth-order valence-corrected chi connectivity index (χ4v) is 1.25. The third-order valence-electron chi connectivity index (χ3n) is 1.14. The van der Waals surface area contributed by atoms with E-state index in [9.17, 15) is 4.79 Å². The zero-order valence-corrected chi connectivity index (χ0v) is 7.13.